The molecule has 0 bridgehead atoms. The summed E-state index contributed by atoms with van der Waals surface area (Å²) in [7, 11) is 0. The van der Waals surface area contributed by atoms with Gasteiger partial charge in [-0.15, -0.1) is 0 Å². The van der Waals surface area contributed by atoms with E-state index in [-0.39, 0.29) is 0 Å². The quantitative estimate of drug-likeness (QED) is 0.565. The minimum absolute atomic E-state index is 0.446. The molecule has 1 aliphatic heterocycles. The molecule has 1 heterocycles. The minimum atomic E-state index is -1.40. The van der Waals surface area contributed by atoms with E-state index >= 15 is 0 Å². The summed E-state index contributed by atoms with van der Waals surface area (Å²) < 4.78 is 5.72. The molecule has 0 radical (unpaired) electrons. The van der Waals surface area contributed by atoms with Crippen LogP contribution in [0.25, 0.3) is 0 Å². The molecule has 5 nitrogen and oxygen atoms in total. The number of benzene rings is 2. The Hall–Kier alpha value is -1.47. The normalized spacial score (nSPS) is 31.2. The summed E-state index contributed by atoms with van der Waals surface area (Å²) in [5.74, 6) is 0. The molecular formula is C26H31ClO5. The fourth-order valence-electron chi connectivity index (χ4n) is 5.69. The third-order valence-corrected chi connectivity index (χ3v) is 8.23. The summed E-state index contributed by atoms with van der Waals surface area (Å²) in [5, 5.41) is 40.8. The largest absolute Gasteiger partial charge is 0.394 e. The zero-order chi connectivity index (χ0) is 22.5. The van der Waals surface area contributed by atoms with Crippen molar-refractivity contribution in [3.05, 3.63) is 69.2 Å². The zero-order valence-electron chi connectivity index (χ0n) is 18.1. The monoisotopic (exact) mass is 458 g/mol. The van der Waals surface area contributed by atoms with Crippen LogP contribution in [0.5, 0.6) is 0 Å². The summed E-state index contributed by atoms with van der Waals surface area (Å²) in [6, 6.07) is 12.2. The molecule has 0 amide bonds. The van der Waals surface area contributed by atoms with Gasteiger partial charge in [0.2, 0.25) is 0 Å². The van der Waals surface area contributed by atoms with E-state index in [1.165, 1.54) is 48.8 Å². The highest BCUT2D eigenvalue weighted by Gasteiger charge is 2.44. The van der Waals surface area contributed by atoms with E-state index in [0.29, 0.717) is 22.4 Å². The van der Waals surface area contributed by atoms with Crippen LogP contribution in [-0.4, -0.2) is 51.4 Å². The van der Waals surface area contributed by atoms with E-state index in [2.05, 4.69) is 18.2 Å². The second-order valence-corrected chi connectivity index (χ2v) is 10.3. The molecule has 6 heteroatoms. The molecule has 2 fully saturated rings. The first kappa shape index (κ1) is 22.3. The van der Waals surface area contributed by atoms with Gasteiger partial charge in [-0.05, 0) is 77.8 Å². The smallest absolute Gasteiger partial charge is 0.113 e. The first-order valence-electron chi connectivity index (χ1n) is 11.6. The lowest BCUT2D eigenvalue weighted by Gasteiger charge is -2.45. The number of rotatable bonds is 4. The molecule has 1 saturated carbocycles. The van der Waals surface area contributed by atoms with Gasteiger partial charge in [-0.25, -0.2) is 0 Å². The SMILES string of the molecule is OC[C@H]1O[C@H](c2ccc(Cl)c(Cc3ccc4c(c3)CCC3(CCC3)C4)c2)[C@H](O)[C@@H](O)[C@@H]1O. The third kappa shape index (κ3) is 4.00. The van der Waals surface area contributed by atoms with Crippen molar-refractivity contribution in [2.24, 2.45) is 5.41 Å². The van der Waals surface area contributed by atoms with Crippen LogP contribution in [0.2, 0.25) is 5.02 Å². The number of halogens is 1. The van der Waals surface area contributed by atoms with Crippen LogP contribution in [0, 0.1) is 5.41 Å². The van der Waals surface area contributed by atoms with Gasteiger partial charge in [0.05, 0.1) is 6.61 Å². The molecule has 4 N–H and O–H groups in total. The van der Waals surface area contributed by atoms with Gasteiger partial charge in [-0.3, -0.25) is 0 Å². The maximum absolute atomic E-state index is 10.5. The minimum Gasteiger partial charge on any atom is -0.394 e. The van der Waals surface area contributed by atoms with E-state index in [9.17, 15) is 20.4 Å². The van der Waals surface area contributed by atoms with Crippen LogP contribution in [0.4, 0.5) is 0 Å². The molecule has 0 aromatic heterocycles. The molecule has 2 aromatic carbocycles. The Morgan fingerprint density at radius 2 is 1.75 bits per heavy atom. The van der Waals surface area contributed by atoms with Gasteiger partial charge in [0.15, 0.2) is 0 Å². The maximum atomic E-state index is 10.5. The number of hydrogen-bond acceptors (Lipinski definition) is 5. The molecule has 172 valence electrons. The average molecular weight is 459 g/mol. The number of ether oxygens (including phenoxy) is 1. The highest BCUT2D eigenvalue weighted by atomic mass is 35.5. The Morgan fingerprint density at radius 1 is 0.938 bits per heavy atom. The van der Waals surface area contributed by atoms with Gasteiger partial charge in [-0.1, -0.05) is 48.4 Å². The van der Waals surface area contributed by atoms with Crippen molar-refractivity contribution < 1.29 is 25.2 Å². The second-order valence-electron chi connectivity index (χ2n) is 9.91. The first-order chi connectivity index (χ1) is 15.4. The van der Waals surface area contributed by atoms with E-state index in [4.69, 9.17) is 16.3 Å². The molecule has 5 rings (SSSR count). The third-order valence-electron chi connectivity index (χ3n) is 7.86. The van der Waals surface area contributed by atoms with Crippen LogP contribution in [0.1, 0.15) is 59.6 Å². The van der Waals surface area contributed by atoms with Crippen molar-refractivity contribution in [3.63, 3.8) is 0 Å². The van der Waals surface area contributed by atoms with Crippen LogP contribution >= 0.6 is 11.6 Å². The highest BCUT2D eigenvalue weighted by Crippen LogP contribution is 2.50. The van der Waals surface area contributed by atoms with Crippen LogP contribution in [0.15, 0.2) is 36.4 Å². The number of aliphatic hydroxyl groups is 4. The molecule has 2 aromatic rings. The lowest BCUT2D eigenvalue weighted by atomic mass is 9.59. The molecule has 2 aliphatic carbocycles. The average Bonchev–Trinajstić information content (AvgIpc) is 2.78. The Morgan fingerprint density at radius 3 is 2.47 bits per heavy atom. The molecule has 3 aliphatic rings. The van der Waals surface area contributed by atoms with E-state index in [0.717, 1.165) is 12.0 Å². The van der Waals surface area contributed by atoms with Gasteiger partial charge < -0.3 is 25.2 Å². The molecule has 1 spiro atoms. The number of aliphatic hydroxyl groups excluding tert-OH is 4. The van der Waals surface area contributed by atoms with Gasteiger partial charge in [0, 0.05) is 5.02 Å². The van der Waals surface area contributed by atoms with Gasteiger partial charge in [0.1, 0.15) is 30.5 Å². The molecule has 5 atom stereocenters. The van der Waals surface area contributed by atoms with Crippen molar-refractivity contribution in [1.29, 1.82) is 0 Å². The number of fused-ring (bicyclic) bond motifs is 1. The Bertz CT molecular complexity index is 986. The fourth-order valence-corrected chi connectivity index (χ4v) is 5.88. The van der Waals surface area contributed by atoms with Crippen molar-refractivity contribution in [2.75, 3.05) is 6.61 Å². The van der Waals surface area contributed by atoms with Gasteiger partial charge >= 0.3 is 0 Å². The van der Waals surface area contributed by atoms with Gasteiger partial charge in [0.25, 0.3) is 0 Å². The Balaban J connectivity index is 1.37. The van der Waals surface area contributed by atoms with Crippen molar-refractivity contribution in [3.8, 4) is 0 Å². The van der Waals surface area contributed by atoms with Crippen LogP contribution in [0.3, 0.4) is 0 Å². The standard InChI is InChI=1S/C26H31ClO5/c27-20-5-4-17(25-24(31)23(30)22(29)21(14-28)32-25)12-19(20)11-15-2-3-18-13-26(7-1-8-26)9-6-16(18)10-15/h2-5,10,12,21-25,28-31H,1,6-9,11,13-14H2/t21-,22-,23+,24-,25-/m1/s1. The van der Waals surface area contributed by atoms with Crippen LogP contribution < -0.4 is 0 Å². The highest BCUT2D eigenvalue weighted by molar-refractivity contribution is 6.31. The van der Waals surface area contributed by atoms with Gasteiger partial charge in [-0.2, -0.15) is 0 Å². The molecule has 32 heavy (non-hydrogen) atoms. The van der Waals surface area contributed by atoms with Crippen molar-refractivity contribution in [1.82, 2.24) is 0 Å². The Labute approximate surface area is 193 Å². The first-order valence-corrected chi connectivity index (χ1v) is 12.0. The predicted octanol–water partition coefficient (Wildman–Crippen LogP) is 3.10. The maximum Gasteiger partial charge on any atom is 0.113 e. The molecular weight excluding hydrogens is 428 g/mol. The Kier molecular flexibility index (Phi) is 6.08. The molecule has 0 unspecified atom stereocenters. The number of aryl methyl sites for hydroxylation is 1. The van der Waals surface area contributed by atoms with Crippen LogP contribution in [-0.2, 0) is 24.0 Å². The van der Waals surface area contributed by atoms with Crippen molar-refractivity contribution >= 4 is 11.6 Å². The topological polar surface area (TPSA) is 90.2 Å². The number of hydrogen-bond donors (Lipinski definition) is 4. The summed E-state index contributed by atoms with van der Waals surface area (Å²) in [6.07, 6.45) is 2.54. The summed E-state index contributed by atoms with van der Waals surface area (Å²) in [5.41, 5.74) is 6.26. The van der Waals surface area contributed by atoms with E-state index in [1.807, 2.05) is 6.07 Å². The second kappa shape index (κ2) is 8.71. The van der Waals surface area contributed by atoms with Crippen molar-refractivity contribution in [2.45, 2.75) is 75.5 Å². The lowest BCUT2D eigenvalue weighted by molar-refractivity contribution is -0.231. The fraction of sp³-hybridized carbons (Fsp3) is 0.538. The van der Waals surface area contributed by atoms with E-state index < -0.39 is 37.1 Å². The summed E-state index contributed by atoms with van der Waals surface area (Å²) >= 11 is 6.50. The molecule has 1 saturated heterocycles. The summed E-state index contributed by atoms with van der Waals surface area (Å²) in [4.78, 5) is 0. The lowest BCUT2D eigenvalue weighted by Crippen LogP contribution is -2.55. The summed E-state index contributed by atoms with van der Waals surface area (Å²) in [6.45, 7) is -0.446. The van der Waals surface area contributed by atoms with E-state index in [1.54, 1.807) is 12.1 Å². The predicted molar refractivity (Wildman–Crippen MR) is 122 cm³/mol. The zero-order valence-corrected chi connectivity index (χ0v) is 18.8.